The monoisotopic (exact) mass is 847 g/mol. The quantitative estimate of drug-likeness (QED) is 0.166. The predicted octanol–water partition coefficient (Wildman–Crippen LogP) is 17.6. The van der Waals surface area contributed by atoms with E-state index >= 15 is 0 Å². The maximum absolute atomic E-state index is 6.19. The molecule has 0 aliphatic heterocycles. The Morgan fingerprint density at radius 3 is 1.56 bits per heavy atom. The van der Waals surface area contributed by atoms with Crippen molar-refractivity contribution in [3.05, 3.63) is 228 Å². The zero-order valence-electron chi connectivity index (χ0n) is 37.8. The zero-order chi connectivity index (χ0) is 44.3. The molecule has 0 saturated carbocycles. The van der Waals surface area contributed by atoms with Crippen molar-refractivity contribution in [3.8, 4) is 55.6 Å². The summed E-state index contributed by atoms with van der Waals surface area (Å²) in [6.45, 7) is 9.58. The minimum atomic E-state index is -0.200. The first-order chi connectivity index (χ1) is 32.2. The molecule has 1 heterocycles. The Kier molecular flexibility index (Phi) is 8.46. The van der Waals surface area contributed by atoms with Crippen molar-refractivity contribution in [3.63, 3.8) is 0 Å². The maximum Gasteiger partial charge on any atom is 0.135 e. The molecule has 0 amide bonds. The Balaban J connectivity index is 0.916. The summed E-state index contributed by atoms with van der Waals surface area (Å²) in [5.41, 5.74) is 25.8. The SMILES string of the molecule is CC1(C)c2cc(-c3ccccc3)ccc2-c2ccc(N(c3ccc(-c4ccc5oc6ccccc6c5c4)cc3)c3ccc4c(c3)C(C)(C)c3cc(-c5ccc6c(c5)C=CCC6)ccc3-4)cc21. The van der Waals surface area contributed by atoms with E-state index in [0.29, 0.717) is 0 Å². The summed E-state index contributed by atoms with van der Waals surface area (Å²) in [4.78, 5) is 2.47. The van der Waals surface area contributed by atoms with Gasteiger partial charge in [-0.15, -0.1) is 0 Å². The van der Waals surface area contributed by atoms with Crippen LogP contribution in [0, 0.1) is 0 Å². The predicted molar refractivity (Wildman–Crippen MR) is 277 cm³/mol. The van der Waals surface area contributed by atoms with Gasteiger partial charge in [0.15, 0.2) is 0 Å². The number of hydrogen-bond acceptors (Lipinski definition) is 2. The molecule has 2 heteroatoms. The van der Waals surface area contributed by atoms with Crippen LogP contribution in [-0.4, -0.2) is 0 Å². The van der Waals surface area contributed by atoms with Crippen LogP contribution in [-0.2, 0) is 17.3 Å². The second kappa shape index (κ2) is 14.4. The first-order valence-corrected chi connectivity index (χ1v) is 23.5. The summed E-state index contributed by atoms with van der Waals surface area (Å²) in [5, 5.41) is 2.28. The van der Waals surface area contributed by atoms with Crippen LogP contribution in [0.25, 0.3) is 83.6 Å². The van der Waals surface area contributed by atoms with Crippen LogP contribution in [0.4, 0.5) is 17.1 Å². The van der Waals surface area contributed by atoms with Crippen molar-refractivity contribution in [1.29, 1.82) is 0 Å². The van der Waals surface area contributed by atoms with Gasteiger partial charge in [0.2, 0.25) is 0 Å². The molecule has 3 aliphatic carbocycles. The second-order valence-electron chi connectivity index (χ2n) is 19.6. The van der Waals surface area contributed by atoms with Gasteiger partial charge in [-0.25, -0.2) is 0 Å². The van der Waals surface area contributed by atoms with Gasteiger partial charge in [0.1, 0.15) is 11.2 Å². The fourth-order valence-electron chi connectivity index (χ4n) is 11.5. The van der Waals surface area contributed by atoms with Crippen LogP contribution in [0.15, 0.2) is 199 Å². The number of furan rings is 1. The van der Waals surface area contributed by atoms with Gasteiger partial charge in [-0.1, -0.05) is 155 Å². The zero-order valence-corrected chi connectivity index (χ0v) is 37.8. The third-order valence-electron chi connectivity index (χ3n) is 15.1. The van der Waals surface area contributed by atoms with Crippen LogP contribution in [0.1, 0.15) is 67.5 Å². The largest absolute Gasteiger partial charge is 0.456 e. The van der Waals surface area contributed by atoms with Gasteiger partial charge >= 0.3 is 0 Å². The van der Waals surface area contributed by atoms with Gasteiger partial charge < -0.3 is 9.32 Å². The third-order valence-corrected chi connectivity index (χ3v) is 15.1. The molecule has 316 valence electrons. The molecule has 0 saturated heterocycles. The van der Waals surface area contributed by atoms with Crippen molar-refractivity contribution < 1.29 is 4.42 Å². The molecule has 13 rings (SSSR count). The van der Waals surface area contributed by atoms with E-state index in [1.54, 1.807) is 0 Å². The fourth-order valence-corrected chi connectivity index (χ4v) is 11.5. The number of allylic oxidation sites excluding steroid dienone is 1. The van der Waals surface area contributed by atoms with Gasteiger partial charge in [-0.05, 0) is 175 Å². The highest BCUT2D eigenvalue weighted by atomic mass is 16.3. The summed E-state index contributed by atoms with van der Waals surface area (Å²) in [6.07, 6.45) is 6.84. The second-order valence-corrected chi connectivity index (χ2v) is 19.6. The average Bonchev–Trinajstić information content (AvgIpc) is 3.92. The van der Waals surface area contributed by atoms with E-state index in [9.17, 15) is 0 Å². The van der Waals surface area contributed by atoms with Crippen molar-refractivity contribution in [2.45, 2.75) is 51.4 Å². The number of para-hydroxylation sites is 1. The summed E-state index contributed by atoms with van der Waals surface area (Å²) >= 11 is 0. The molecule has 0 spiro atoms. The summed E-state index contributed by atoms with van der Waals surface area (Å²) in [7, 11) is 0. The summed E-state index contributed by atoms with van der Waals surface area (Å²) in [5.74, 6) is 0. The minimum Gasteiger partial charge on any atom is -0.456 e. The van der Waals surface area contributed by atoms with E-state index in [-0.39, 0.29) is 10.8 Å². The van der Waals surface area contributed by atoms with Gasteiger partial charge in [0.05, 0.1) is 0 Å². The van der Waals surface area contributed by atoms with Crippen LogP contribution in [0.3, 0.4) is 0 Å². The Morgan fingerprint density at radius 1 is 0.394 bits per heavy atom. The van der Waals surface area contributed by atoms with E-state index in [2.05, 4.69) is 221 Å². The van der Waals surface area contributed by atoms with Crippen molar-refractivity contribution in [2.24, 2.45) is 0 Å². The van der Waals surface area contributed by atoms with E-state index in [4.69, 9.17) is 4.42 Å². The average molecular weight is 848 g/mol. The summed E-state index contributed by atoms with van der Waals surface area (Å²) < 4.78 is 6.19. The number of hydrogen-bond donors (Lipinski definition) is 0. The Morgan fingerprint density at radius 2 is 0.879 bits per heavy atom. The minimum absolute atomic E-state index is 0.190. The van der Waals surface area contributed by atoms with E-state index in [1.807, 2.05) is 12.1 Å². The first-order valence-electron chi connectivity index (χ1n) is 23.5. The lowest BCUT2D eigenvalue weighted by molar-refractivity contribution is 0.660. The Hall–Kier alpha value is -7.68. The van der Waals surface area contributed by atoms with Crippen LogP contribution in [0.2, 0.25) is 0 Å². The molecule has 2 nitrogen and oxygen atoms in total. The molecule has 0 unspecified atom stereocenters. The normalized spacial score (nSPS) is 14.7. The Bertz CT molecular complexity index is 3640. The molecule has 0 bridgehead atoms. The first kappa shape index (κ1) is 38.8. The van der Waals surface area contributed by atoms with Gasteiger partial charge in [0, 0.05) is 38.7 Å². The van der Waals surface area contributed by atoms with Crippen molar-refractivity contribution >= 4 is 45.1 Å². The number of anilines is 3. The Labute approximate surface area is 387 Å². The molecule has 10 aromatic rings. The lowest BCUT2D eigenvalue weighted by Gasteiger charge is -2.30. The van der Waals surface area contributed by atoms with Crippen LogP contribution < -0.4 is 4.90 Å². The molecule has 0 atom stereocenters. The van der Waals surface area contributed by atoms with Gasteiger partial charge in [0.25, 0.3) is 0 Å². The van der Waals surface area contributed by atoms with Gasteiger partial charge in [-0.2, -0.15) is 0 Å². The van der Waals surface area contributed by atoms with E-state index in [1.165, 1.54) is 89.0 Å². The molecule has 0 radical (unpaired) electrons. The third kappa shape index (κ3) is 5.94. The number of aryl methyl sites for hydroxylation is 1. The van der Waals surface area contributed by atoms with Gasteiger partial charge in [-0.3, -0.25) is 0 Å². The highest BCUT2D eigenvalue weighted by Crippen LogP contribution is 2.54. The molecule has 9 aromatic carbocycles. The molecular weight excluding hydrogens is 799 g/mol. The molecule has 0 N–H and O–H groups in total. The van der Waals surface area contributed by atoms with Crippen LogP contribution >= 0.6 is 0 Å². The molecular formula is C64H49NO. The molecule has 3 aliphatic rings. The molecule has 1 aromatic heterocycles. The smallest absolute Gasteiger partial charge is 0.135 e. The van der Waals surface area contributed by atoms with E-state index in [0.717, 1.165) is 51.8 Å². The van der Waals surface area contributed by atoms with E-state index < -0.39 is 0 Å². The number of rotatable bonds is 6. The van der Waals surface area contributed by atoms with Crippen molar-refractivity contribution in [1.82, 2.24) is 0 Å². The number of benzene rings is 9. The maximum atomic E-state index is 6.19. The number of nitrogens with zero attached hydrogens (tertiary/aromatic N) is 1. The van der Waals surface area contributed by atoms with Crippen LogP contribution in [0.5, 0.6) is 0 Å². The lowest BCUT2D eigenvalue weighted by Crippen LogP contribution is -2.18. The lowest BCUT2D eigenvalue weighted by atomic mass is 9.81. The van der Waals surface area contributed by atoms with Crippen molar-refractivity contribution in [2.75, 3.05) is 4.90 Å². The molecule has 66 heavy (non-hydrogen) atoms. The highest BCUT2D eigenvalue weighted by molar-refractivity contribution is 6.06. The topological polar surface area (TPSA) is 16.4 Å². The highest BCUT2D eigenvalue weighted by Gasteiger charge is 2.38. The summed E-state index contributed by atoms with van der Waals surface area (Å²) in [6, 6.07) is 70.2. The molecule has 0 fully saturated rings. The standard InChI is InChI=1S/C64H49NO/c1-63(2)57-36-46(40-12-6-5-7-13-40)22-29-51(57)53-31-27-49(38-59(53)63)65(48-25-20-42(21-26-48)45-24-33-62-56(35-45)55-16-10-11-17-61(55)66-62)50-28-32-54-52-30-23-47(37-58(52)64(3,4)60(54)39-50)44-19-18-41-14-8-9-15-43(41)34-44/h5-7,9-13,15-39H,8,14H2,1-4H3. The fraction of sp³-hybridized carbons (Fsp3) is 0.125. The number of fused-ring (bicyclic) bond motifs is 10.